The summed E-state index contributed by atoms with van der Waals surface area (Å²) in [4.78, 5) is 16.8. The van der Waals surface area contributed by atoms with Gasteiger partial charge in [-0.2, -0.15) is 0 Å². The van der Waals surface area contributed by atoms with Crippen molar-refractivity contribution in [3.05, 3.63) is 101 Å². The molecule has 0 unspecified atom stereocenters. The van der Waals surface area contributed by atoms with Gasteiger partial charge in [0.15, 0.2) is 11.5 Å². The summed E-state index contributed by atoms with van der Waals surface area (Å²) in [5.41, 5.74) is 2.41. The molecule has 0 atom stereocenters. The van der Waals surface area contributed by atoms with Crippen LogP contribution in [0.15, 0.2) is 72.1 Å². The molecule has 0 radical (unpaired) electrons. The van der Waals surface area contributed by atoms with Gasteiger partial charge in [0.05, 0.1) is 7.11 Å². The van der Waals surface area contributed by atoms with Crippen molar-refractivity contribution in [1.29, 1.82) is 0 Å². The second-order valence-corrected chi connectivity index (χ2v) is 7.99. The summed E-state index contributed by atoms with van der Waals surface area (Å²) in [6.45, 7) is 0.398. The molecule has 0 aliphatic heterocycles. The van der Waals surface area contributed by atoms with Crippen molar-refractivity contribution in [2.24, 2.45) is 0 Å². The first-order valence-electron chi connectivity index (χ1n) is 10.1. The number of rotatable bonds is 8. The first kappa shape index (κ1) is 22.4. The van der Waals surface area contributed by atoms with E-state index in [0.717, 1.165) is 5.56 Å². The Morgan fingerprint density at radius 3 is 2.42 bits per heavy atom. The van der Waals surface area contributed by atoms with Crippen molar-refractivity contribution in [3.8, 4) is 22.1 Å². The van der Waals surface area contributed by atoms with Gasteiger partial charge in [-0.15, -0.1) is 11.3 Å². The van der Waals surface area contributed by atoms with Crippen LogP contribution >= 0.6 is 11.3 Å². The minimum Gasteiger partial charge on any atom is -0.493 e. The summed E-state index contributed by atoms with van der Waals surface area (Å²) in [6, 6.07) is 17.6. The first-order chi connectivity index (χ1) is 16.0. The van der Waals surface area contributed by atoms with Gasteiger partial charge in [0.1, 0.15) is 28.9 Å². The van der Waals surface area contributed by atoms with Crippen LogP contribution in [0.2, 0.25) is 0 Å². The molecule has 8 heteroatoms. The van der Waals surface area contributed by atoms with Gasteiger partial charge in [0.2, 0.25) is 0 Å². The number of amides is 1. The highest BCUT2D eigenvalue weighted by molar-refractivity contribution is 7.13. The molecular formula is C25H20F2N2O3S. The number of halogens is 2. The average Bonchev–Trinajstić information content (AvgIpc) is 3.32. The number of nitrogens with one attached hydrogen (secondary N) is 1. The number of hydrogen-bond acceptors (Lipinski definition) is 5. The third-order valence-electron chi connectivity index (χ3n) is 4.77. The highest BCUT2D eigenvalue weighted by Gasteiger charge is 2.14. The molecule has 3 aromatic carbocycles. The van der Waals surface area contributed by atoms with Crippen LogP contribution in [0.1, 0.15) is 21.6 Å². The van der Waals surface area contributed by atoms with Crippen LogP contribution in [0.4, 0.5) is 8.78 Å². The second kappa shape index (κ2) is 10.2. The van der Waals surface area contributed by atoms with Gasteiger partial charge in [0.25, 0.3) is 5.91 Å². The molecule has 0 fully saturated rings. The SMILES string of the molecule is COc1cc(-c2nc(C(=O)NCc3cccc(F)c3)cs2)ccc1OCc1cccc(F)c1. The van der Waals surface area contributed by atoms with Gasteiger partial charge in [-0.3, -0.25) is 4.79 Å². The molecule has 1 aromatic heterocycles. The maximum absolute atomic E-state index is 13.4. The van der Waals surface area contributed by atoms with Crippen molar-refractivity contribution >= 4 is 17.2 Å². The quantitative estimate of drug-likeness (QED) is 0.367. The van der Waals surface area contributed by atoms with E-state index in [1.54, 1.807) is 41.8 Å². The van der Waals surface area contributed by atoms with E-state index in [1.807, 2.05) is 6.07 Å². The van der Waals surface area contributed by atoms with Gasteiger partial charge < -0.3 is 14.8 Å². The van der Waals surface area contributed by atoms with E-state index in [-0.39, 0.29) is 36.4 Å². The Bertz CT molecular complexity index is 1280. The molecule has 4 aromatic rings. The predicted molar refractivity (Wildman–Crippen MR) is 122 cm³/mol. The van der Waals surface area contributed by atoms with E-state index < -0.39 is 0 Å². The van der Waals surface area contributed by atoms with Crippen LogP contribution in [0.25, 0.3) is 10.6 Å². The van der Waals surface area contributed by atoms with Crippen LogP contribution in [-0.2, 0) is 13.2 Å². The Morgan fingerprint density at radius 1 is 0.970 bits per heavy atom. The minimum atomic E-state index is -0.352. The number of ether oxygens (including phenoxy) is 2. The zero-order valence-corrected chi connectivity index (χ0v) is 18.5. The maximum Gasteiger partial charge on any atom is 0.271 e. The topological polar surface area (TPSA) is 60.5 Å². The number of benzene rings is 3. The number of carbonyl (C=O) groups excluding carboxylic acids is 1. The first-order valence-corrected chi connectivity index (χ1v) is 10.9. The third kappa shape index (κ3) is 5.72. The van der Waals surface area contributed by atoms with Gasteiger partial charge >= 0.3 is 0 Å². The molecule has 5 nitrogen and oxygen atoms in total. The summed E-state index contributed by atoms with van der Waals surface area (Å²) in [5, 5.41) is 5.05. The van der Waals surface area contributed by atoms with Crippen LogP contribution < -0.4 is 14.8 Å². The fourth-order valence-electron chi connectivity index (χ4n) is 3.14. The molecule has 1 amide bonds. The molecule has 33 heavy (non-hydrogen) atoms. The molecule has 168 valence electrons. The summed E-state index contributed by atoms with van der Waals surface area (Å²) in [6.07, 6.45) is 0. The lowest BCUT2D eigenvalue weighted by molar-refractivity contribution is 0.0946. The highest BCUT2D eigenvalue weighted by atomic mass is 32.1. The smallest absolute Gasteiger partial charge is 0.271 e. The van der Waals surface area contributed by atoms with E-state index in [1.165, 1.54) is 42.7 Å². The fourth-order valence-corrected chi connectivity index (χ4v) is 3.94. The summed E-state index contributed by atoms with van der Waals surface area (Å²) < 4.78 is 37.9. The maximum atomic E-state index is 13.4. The van der Waals surface area contributed by atoms with E-state index in [9.17, 15) is 13.6 Å². The molecule has 1 heterocycles. The van der Waals surface area contributed by atoms with Crippen molar-refractivity contribution in [2.45, 2.75) is 13.2 Å². The molecule has 4 rings (SSSR count). The van der Waals surface area contributed by atoms with E-state index >= 15 is 0 Å². The standard InChI is InChI=1S/C25H20F2N2O3S/c1-31-23-12-18(8-9-22(23)32-14-17-5-3-7-20(27)11-17)25-29-21(15-33-25)24(30)28-13-16-4-2-6-19(26)10-16/h2-12,15H,13-14H2,1H3,(H,28,30). The molecule has 0 aliphatic carbocycles. The van der Waals surface area contributed by atoms with Crippen molar-refractivity contribution < 1.29 is 23.0 Å². The Labute approximate surface area is 193 Å². The lowest BCUT2D eigenvalue weighted by Crippen LogP contribution is -2.23. The Kier molecular flexibility index (Phi) is 6.95. The minimum absolute atomic E-state index is 0.195. The molecule has 0 spiro atoms. The van der Waals surface area contributed by atoms with E-state index in [2.05, 4.69) is 10.3 Å². The Hall–Kier alpha value is -3.78. The van der Waals surface area contributed by atoms with Crippen LogP contribution in [0, 0.1) is 11.6 Å². The van der Waals surface area contributed by atoms with Crippen molar-refractivity contribution in [1.82, 2.24) is 10.3 Å². The largest absolute Gasteiger partial charge is 0.493 e. The van der Waals surface area contributed by atoms with Crippen molar-refractivity contribution in [2.75, 3.05) is 7.11 Å². The number of methoxy groups -OCH3 is 1. The zero-order chi connectivity index (χ0) is 23.2. The number of aromatic nitrogens is 1. The van der Waals surface area contributed by atoms with E-state index in [4.69, 9.17) is 9.47 Å². The van der Waals surface area contributed by atoms with E-state index in [0.29, 0.717) is 27.6 Å². The zero-order valence-electron chi connectivity index (χ0n) is 17.7. The number of nitrogens with zero attached hydrogens (tertiary/aromatic N) is 1. The summed E-state index contributed by atoms with van der Waals surface area (Å²) in [5.74, 6) is -0.0111. The van der Waals surface area contributed by atoms with Crippen LogP contribution in [0.5, 0.6) is 11.5 Å². The molecular weight excluding hydrogens is 446 g/mol. The number of hydrogen-bond donors (Lipinski definition) is 1. The highest BCUT2D eigenvalue weighted by Crippen LogP contribution is 2.34. The third-order valence-corrected chi connectivity index (χ3v) is 5.66. The van der Waals surface area contributed by atoms with Gasteiger partial charge in [-0.1, -0.05) is 24.3 Å². The van der Waals surface area contributed by atoms with Crippen LogP contribution in [-0.4, -0.2) is 18.0 Å². The summed E-state index contributed by atoms with van der Waals surface area (Å²) in [7, 11) is 1.53. The van der Waals surface area contributed by atoms with Crippen molar-refractivity contribution in [3.63, 3.8) is 0 Å². The molecule has 0 bridgehead atoms. The fraction of sp³-hybridized carbons (Fsp3) is 0.120. The lowest BCUT2D eigenvalue weighted by Gasteiger charge is -2.12. The lowest BCUT2D eigenvalue weighted by atomic mass is 10.2. The Balaban J connectivity index is 1.43. The number of carbonyl (C=O) groups is 1. The Morgan fingerprint density at radius 2 is 1.70 bits per heavy atom. The molecule has 0 saturated carbocycles. The van der Waals surface area contributed by atoms with Gasteiger partial charge in [-0.25, -0.2) is 13.8 Å². The van der Waals surface area contributed by atoms with Crippen LogP contribution in [0.3, 0.4) is 0 Å². The van der Waals surface area contributed by atoms with Gasteiger partial charge in [0, 0.05) is 17.5 Å². The monoisotopic (exact) mass is 466 g/mol. The average molecular weight is 467 g/mol. The normalized spacial score (nSPS) is 10.6. The second-order valence-electron chi connectivity index (χ2n) is 7.13. The van der Waals surface area contributed by atoms with Gasteiger partial charge in [-0.05, 0) is 53.6 Å². The molecule has 0 saturated heterocycles. The molecule has 0 aliphatic rings. The number of thiazole rings is 1. The molecule has 1 N–H and O–H groups in total. The predicted octanol–water partition coefficient (Wildman–Crippen LogP) is 5.61. The summed E-state index contributed by atoms with van der Waals surface area (Å²) >= 11 is 1.32.